The Bertz CT molecular complexity index is 412. The third-order valence-corrected chi connectivity index (χ3v) is 3.51. The zero-order valence-electron chi connectivity index (χ0n) is 11.3. The number of nitrogens with one attached hydrogen (secondary N) is 1. The quantitative estimate of drug-likeness (QED) is 0.537. The molecule has 0 saturated heterocycles. The highest BCUT2D eigenvalue weighted by atomic mass is 79.9. The standard InChI is InChI=1S/C14H19Br2NO2/c1-10(2)9-19-14-12(15)6-11(7-13(14)16)8-17-4-5-18-3/h6-7,17H,1,4-5,8-9H2,2-3H3. The van der Waals surface area contributed by atoms with Crippen molar-refractivity contribution in [2.24, 2.45) is 0 Å². The van der Waals surface area contributed by atoms with Crippen LogP contribution in [0.25, 0.3) is 0 Å². The molecule has 0 radical (unpaired) electrons. The Morgan fingerprint density at radius 1 is 1.32 bits per heavy atom. The fraction of sp³-hybridized carbons (Fsp3) is 0.429. The number of methoxy groups -OCH3 is 1. The maximum atomic E-state index is 5.69. The van der Waals surface area contributed by atoms with E-state index in [1.165, 1.54) is 5.56 Å². The van der Waals surface area contributed by atoms with Crippen LogP contribution in [0, 0.1) is 0 Å². The molecule has 1 aromatic carbocycles. The Balaban J connectivity index is 2.65. The van der Waals surface area contributed by atoms with Gasteiger partial charge in [0.15, 0.2) is 0 Å². The van der Waals surface area contributed by atoms with E-state index in [2.05, 4.69) is 55.9 Å². The fourth-order valence-corrected chi connectivity index (χ4v) is 2.96. The van der Waals surface area contributed by atoms with Crippen LogP contribution in [-0.4, -0.2) is 26.9 Å². The predicted molar refractivity (Wildman–Crippen MR) is 85.7 cm³/mol. The summed E-state index contributed by atoms with van der Waals surface area (Å²) in [6, 6.07) is 4.11. The van der Waals surface area contributed by atoms with E-state index in [9.17, 15) is 0 Å². The average Bonchev–Trinajstić information content (AvgIpc) is 2.33. The van der Waals surface area contributed by atoms with Crippen LogP contribution < -0.4 is 10.1 Å². The number of benzene rings is 1. The lowest BCUT2D eigenvalue weighted by Gasteiger charge is -2.12. The molecule has 0 spiro atoms. The van der Waals surface area contributed by atoms with E-state index in [0.29, 0.717) is 13.2 Å². The van der Waals surface area contributed by atoms with Gasteiger partial charge in [0, 0.05) is 20.2 Å². The van der Waals surface area contributed by atoms with E-state index in [0.717, 1.165) is 33.4 Å². The first kappa shape index (κ1) is 16.7. The second kappa shape index (κ2) is 8.74. The van der Waals surface area contributed by atoms with Gasteiger partial charge in [0.05, 0.1) is 15.6 Å². The minimum Gasteiger partial charge on any atom is -0.487 e. The van der Waals surface area contributed by atoms with Gasteiger partial charge < -0.3 is 14.8 Å². The van der Waals surface area contributed by atoms with E-state index in [-0.39, 0.29) is 0 Å². The van der Waals surface area contributed by atoms with Crippen molar-refractivity contribution in [3.05, 3.63) is 38.8 Å². The van der Waals surface area contributed by atoms with Gasteiger partial charge in [-0.05, 0) is 62.1 Å². The Hall–Kier alpha value is -0.360. The van der Waals surface area contributed by atoms with Crippen molar-refractivity contribution in [2.75, 3.05) is 26.9 Å². The summed E-state index contributed by atoms with van der Waals surface area (Å²) in [5.41, 5.74) is 2.17. The molecule has 1 aromatic rings. The molecule has 0 saturated carbocycles. The highest BCUT2D eigenvalue weighted by Crippen LogP contribution is 2.35. The molecule has 0 fully saturated rings. The van der Waals surface area contributed by atoms with Gasteiger partial charge in [0.25, 0.3) is 0 Å². The summed E-state index contributed by atoms with van der Waals surface area (Å²) in [5, 5.41) is 3.31. The molecule has 0 aliphatic carbocycles. The zero-order valence-corrected chi connectivity index (χ0v) is 14.4. The van der Waals surface area contributed by atoms with Crippen molar-refractivity contribution in [1.29, 1.82) is 0 Å². The molecule has 1 rings (SSSR count). The van der Waals surface area contributed by atoms with Crippen molar-refractivity contribution >= 4 is 31.9 Å². The third kappa shape index (κ3) is 6.08. The molecule has 0 aromatic heterocycles. The molecule has 0 atom stereocenters. The molecular weight excluding hydrogens is 374 g/mol. The van der Waals surface area contributed by atoms with E-state index >= 15 is 0 Å². The van der Waals surface area contributed by atoms with E-state index in [1.807, 2.05) is 6.92 Å². The topological polar surface area (TPSA) is 30.5 Å². The van der Waals surface area contributed by atoms with E-state index in [4.69, 9.17) is 9.47 Å². The Morgan fingerprint density at radius 3 is 2.47 bits per heavy atom. The highest BCUT2D eigenvalue weighted by Gasteiger charge is 2.09. The number of rotatable bonds is 8. The van der Waals surface area contributed by atoms with Crippen molar-refractivity contribution in [1.82, 2.24) is 5.32 Å². The second-order valence-corrected chi connectivity index (χ2v) is 6.01. The summed E-state index contributed by atoms with van der Waals surface area (Å²) in [7, 11) is 1.70. The number of ether oxygens (including phenoxy) is 2. The lowest BCUT2D eigenvalue weighted by molar-refractivity contribution is 0.199. The Morgan fingerprint density at radius 2 is 1.95 bits per heavy atom. The number of hydrogen-bond donors (Lipinski definition) is 1. The maximum Gasteiger partial charge on any atom is 0.148 e. The van der Waals surface area contributed by atoms with Crippen LogP contribution in [0.5, 0.6) is 5.75 Å². The van der Waals surface area contributed by atoms with Crippen molar-refractivity contribution in [3.8, 4) is 5.75 Å². The minimum absolute atomic E-state index is 0.517. The molecule has 3 nitrogen and oxygen atoms in total. The molecule has 0 aliphatic heterocycles. The molecule has 1 N–H and O–H groups in total. The monoisotopic (exact) mass is 391 g/mol. The van der Waals surface area contributed by atoms with Crippen LogP contribution >= 0.6 is 31.9 Å². The summed E-state index contributed by atoms with van der Waals surface area (Å²) in [5.74, 6) is 0.809. The summed E-state index contributed by atoms with van der Waals surface area (Å²) >= 11 is 7.07. The summed E-state index contributed by atoms with van der Waals surface area (Å²) in [6.45, 7) is 8.62. The Kier molecular flexibility index (Phi) is 7.68. The SMILES string of the molecule is C=C(C)COc1c(Br)cc(CNCCOC)cc1Br. The molecular formula is C14H19Br2NO2. The van der Waals surface area contributed by atoms with Gasteiger partial charge in [0.2, 0.25) is 0 Å². The van der Waals surface area contributed by atoms with Gasteiger partial charge in [-0.2, -0.15) is 0 Å². The molecule has 0 heterocycles. The van der Waals surface area contributed by atoms with Gasteiger partial charge in [-0.3, -0.25) is 0 Å². The Labute approximate surface area is 131 Å². The van der Waals surface area contributed by atoms with E-state index < -0.39 is 0 Å². The molecule has 0 bridgehead atoms. The molecule has 0 unspecified atom stereocenters. The lowest BCUT2D eigenvalue weighted by atomic mass is 10.2. The highest BCUT2D eigenvalue weighted by molar-refractivity contribution is 9.11. The summed E-state index contributed by atoms with van der Waals surface area (Å²) < 4.78 is 12.6. The van der Waals surface area contributed by atoms with Crippen LogP contribution in [0.1, 0.15) is 12.5 Å². The minimum atomic E-state index is 0.517. The lowest BCUT2D eigenvalue weighted by Crippen LogP contribution is -2.18. The average molecular weight is 393 g/mol. The predicted octanol–water partition coefficient (Wildman–Crippen LogP) is 3.90. The first-order valence-corrected chi connectivity index (χ1v) is 7.58. The molecule has 19 heavy (non-hydrogen) atoms. The first-order valence-electron chi connectivity index (χ1n) is 5.99. The number of halogens is 2. The van der Waals surface area contributed by atoms with Gasteiger partial charge in [-0.25, -0.2) is 0 Å². The maximum absolute atomic E-state index is 5.69. The second-order valence-electron chi connectivity index (χ2n) is 4.30. The van der Waals surface area contributed by atoms with Crippen LogP contribution in [0.4, 0.5) is 0 Å². The van der Waals surface area contributed by atoms with Crippen molar-refractivity contribution in [2.45, 2.75) is 13.5 Å². The molecule has 106 valence electrons. The van der Waals surface area contributed by atoms with Crippen LogP contribution in [-0.2, 0) is 11.3 Å². The smallest absolute Gasteiger partial charge is 0.148 e. The van der Waals surface area contributed by atoms with E-state index in [1.54, 1.807) is 7.11 Å². The summed E-state index contributed by atoms with van der Waals surface area (Å²) in [6.07, 6.45) is 0. The first-order chi connectivity index (χ1) is 9.04. The van der Waals surface area contributed by atoms with Gasteiger partial charge in [-0.15, -0.1) is 0 Å². The molecule has 5 heteroatoms. The normalized spacial score (nSPS) is 10.5. The van der Waals surface area contributed by atoms with Crippen molar-refractivity contribution in [3.63, 3.8) is 0 Å². The van der Waals surface area contributed by atoms with Gasteiger partial charge in [-0.1, -0.05) is 6.58 Å². The number of hydrogen-bond acceptors (Lipinski definition) is 3. The van der Waals surface area contributed by atoms with Crippen LogP contribution in [0.15, 0.2) is 33.2 Å². The zero-order chi connectivity index (χ0) is 14.3. The van der Waals surface area contributed by atoms with Crippen LogP contribution in [0.2, 0.25) is 0 Å². The summed E-state index contributed by atoms with van der Waals surface area (Å²) in [4.78, 5) is 0. The third-order valence-electron chi connectivity index (χ3n) is 2.33. The molecule has 0 amide bonds. The fourth-order valence-electron chi connectivity index (χ4n) is 1.45. The van der Waals surface area contributed by atoms with Crippen molar-refractivity contribution < 1.29 is 9.47 Å². The van der Waals surface area contributed by atoms with Crippen LogP contribution in [0.3, 0.4) is 0 Å². The largest absolute Gasteiger partial charge is 0.487 e. The molecule has 0 aliphatic rings. The van der Waals surface area contributed by atoms with Gasteiger partial charge >= 0.3 is 0 Å². The van der Waals surface area contributed by atoms with Gasteiger partial charge in [0.1, 0.15) is 12.4 Å².